The van der Waals surface area contributed by atoms with Crippen LogP contribution in [0.2, 0.25) is 5.02 Å². The minimum absolute atomic E-state index is 0.105. The summed E-state index contributed by atoms with van der Waals surface area (Å²) in [7, 11) is 0. The van der Waals surface area contributed by atoms with Gasteiger partial charge in [0.15, 0.2) is 0 Å². The third-order valence-electron chi connectivity index (χ3n) is 3.09. The largest absolute Gasteiger partial charge is 0.444 e. The van der Waals surface area contributed by atoms with E-state index >= 15 is 0 Å². The minimum atomic E-state index is -0.651. The van der Waals surface area contributed by atoms with Crippen LogP contribution < -0.4 is 16.0 Å². The first-order chi connectivity index (χ1) is 12.2. The summed E-state index contributed by atoms with van der Waals surface area (Å²) in [6.07, 6.45) is 0.287. The first kappa shape index (κ1) is 21.8. The average Bonchev–Trinajstić information content (AvgIpc) is 2.53. The summed E-state index contributed by atoms with van der Waals surface area (Å²) in [5, 5.41) is 8.32. The molecule has 144 valence electrons. The molecule has 1 aromatic carbocycles. The van der Waals surface area contributed by atoms with Crippen LogP contribution in [0.5, 0.6) is 0 Å². The quantitative estimate of drug-likeness (QED) is 0.598. The molecule has 0 atom stereocenters. The van der Waals surface area contributed by atoms with Crippen LogP contribution in [-0.4, -0.2) is 43.1 Å². The van der Waals surface area contributed by atoms with E-state index in [0.29, 0.717) is 24.4 Å². The van der Waals surface area contributed by atoms with Crippen molar-refractivity contribution in [2.45, 2.75) is 39.2 Å². The van der Waals surface area contributed by atoms with Crippen molar-refractivity contribution in [3.8, 4) is 0 Å². The van der Waals surface area contributed by atoms with Crippen molar-refractivity contribution >= 4 is 29.5 Å². The highest BCUT2D eigenvalue weighted by atomic mass is 35.5. The van der Waals surface area contributed by atoms with E-state index in [4.69, 9.17) is 16.3 Å². The normalized spacial score (nSPS) is 10.8. The monoisotopic (exact) mass is 383 g/mol. The predicted molar refractivity (Wildman–Crippen MR) is 100 cm³/mol. The highest BCUT2D eigenvalue weighted by Crippen LogP contribution is 2.12. The Balaban J connectivity index is 2.11. The molecule has 0 radical (unpaired) electrons. The van der Waals surface area contributed by atoms with Crippen molar-refractivity contribution in [1.29, 1.82) is 0 Å². The number of hydrogen-bond acceptors (Lipinski definition) is 4. The molecule has 26 heavy (non-hydrogen) atoms. The number of benzene rings is 1. The van der Waals surface area contributed by atoms with Gasteiger partial charge in [-0.25, -0.2) is 4.79 Å². The molecule has 8 heteroatoms. The molecule has 0 aliphatic rings. The van der Waals surface area contributed by atoms with Crippen molar-refractivity contribution < 1.29 is 19.1 Å². The molecule has 1 rings (SSSR count). The molecule has 0 aliphatic carbocycles. The maximum Gasteiger partial charge on any atom is 0.408 e. The highest BCUT2D eigenvalue weighted by Gasteiger charge is 2.16. The van der Waals surface area contributed by atoms with Gasteiger partial charge < -0.3 is 20.7 Å². The lowest BCUT2D eigenvalue weighted by molar-refractivity contribution is -0.122. The number of carbonyl (C=O) groups excluding carboxylic acids is 3. The van der Waals surface area contributed by atoms with E-state index < -0.39 is 11.7 Å². The first-order valence-corrected chi connectivity index (χ1v) is 8.78. The number of alkyl carbamates (subject to hydrolysis) is 1. The Morgan fingerprint density at radius 3 is 2.31 bits per heavy atom. The zero-order valence-electron chi connectivity index (χ0n) is 15.4. The Morgan fingerprint density at radius 1 is 1.04 bits per heavy atom. The molecule has 0 aliphatic heterocycles. The van der Waals surface area contributed by atoms with E-state index in [1.807, 2.05) is 18.2 Å². The Labute approximate surface area is 158 Å². The standard InChI is InChI=1S/C18H26ClN3O4/c1-18(2,3)26-17(25)22-12-16(24)21-10-9-20-15(23)8-7-13-5-4-6-14(19)11-13/h4-6,11H,7-10,12H2,1-3H3,(H,20,23)(H,21,24)(H,22,25). The van der Waals surface area contributed by atoms with Gasteiger partial charge in [0, 0.05) is 24.5 Å². The number of aryl methyl sites for hydroxylation is 1. The molecule has 0 bridgehead atoms. The number of amides is 3. The number of rotatable bonds is 8. The lowest BCUT2D eigenvalue weighted by Gasteiger charge is -2.19. The summed E-state index contributed by atoms with van der Waals surface area (Å²) in [4.78, 5) is 34.8. The lowest BCUT2D eigenvalue weighted by atomic mass is 10.1. The van der Waals surface area contributed by atoms with Crippen molar-refractivity contribution in [3.05, 3.63) is 34.9 Å². The van der Waals surface area contributed by atoms with Gasteiger partial charge in [-0.1, -0.05) is 23.7 Å². The molecule has 0 aromatic heterocycles. The van der Waals surface area contributed by atoms with Gasteiger partial charge in [0.25, 0.3) is 0 Å². The number of carbonyl (C=O) groups is 3. The van der Waals surface area contributed by atoms with Crippen LogP contribution in [0, 0.1) is 0 Å². The molecule has 7 nitrogen and oxygen atoms in total. The first-order valence-electron chi connectivity index (χ1n) is 8.40. The Morgan fingerprint density at radius 2 is 1.69 bits per heavy atom. The summed E-state index contributed by atoms with van der Waals surface area (Å²) in [5.41, 5.74) is 0.379. The molecule has 3 amide bonds. The minimum Gasteiger partial charge on any atom is -0.444 e. The average molecular weight is 384 g/mol. The van der Waals surface area contributed by atoms with Crippen LogP contribution in [0.4, 0.5) is 4.79 Å². The molecular formula is C18H26ClN3O4. The topological polar surface area (TPSA) is 96.5 Å². The van der Waals surface area contributed by atoms with E-state index in [1.54, 1.807) is 26.8 Å². The third-order valence-corrected chi connectivity index (χ3v) is 3.33. The van der Waals surface area contributed by atoms with Gasteiger partial charge in [-0.05, 0) is 44.9 Å². The highest BCUT2D eigenvalue weighted by molar-refractivity contribution is 6.30. The number of halogens is 1. The number of nitrogens with one attached hydrogen (secondary N) is 3. The van der Waals surface area contributed by atoms with Crippen molar-refractivity contribution in [2.75, 3.05) is 19.6 Å². The second-order valence-corrected chi connectivity index (χ2v) is 7.12. The maximum absolute atomic E-state index is 11.8. The Hall–Kier alpha value is -2.28. The van der Waals surface area contributed by atoms with Crippen LogP contribution in [0.1, 0.15) is 32.8 Å². The Kier molecular flexibility index (Phi) is 8.92. The molecule has 3 N–H and O–H groups in total. The van der Waals surface area contributed by atoms with Gasteiger partial charge in [-0.3, -0.25) is 9.59 Å². The zero-order valence-corrected chi connectivity index (χ0v) is 16.1. The molecule has 0 saturated carbocycles. The van der Waals surface area contributed by atoms with Gasteiger partial charge in [0.05, 0.1) is 6.54 Å². The van der Waals surface area contributed by atoms with Crippen LogP contribution in [0.15, 0.2) is 24.3 Å². The Bertz CT molecular complexity index is 629. The fraction of sp³-hybridized carbons (Fsp3) is 0.500. The van der Waals surface area contributed by atoms with Crippen molar-refractivity contribution in [2.24, 2.45) is 0 Å². The third kappa shape index (κ3) is 10.6. The van der Waals surface area contributed by atoms with Crippen LogP contribution in [0.25, 0.3) is 0 Å². The summed E-state index contributed by atoms with van der Waals surface area (Å²) in [5.74, 6) is -0.463. The van der Waals surface area contributed by atoms with E-state index in [9.17, 15) is 14.4 Å². The smallest absolute Gasteiger partial charge is 0.408 e. The van der Waals surface area contributed by atoms with Crippen molar-refractivity contribution in [1.82, 2.24) is 16.0 Å². The SMILES string of the molecule is CC(C)(C)OC(=O)NCC(=O)NCCNC(=O)CCc1cccc(Cl)c1. The number of ether oxygens (including phenoxy) is 1. The summed E-state index contributed by atoms with van der Waals surface area (Å²) in [6.45, 7) is 5.62. The molecule has 0 fully saturated rings. The maximum atomic E-state index is 11.8. The van der Waals surface area contributed by atoms with Crippen LogP contribution in [-0.2, 0) is 20.7 Å². The zero-order chi connectivity index (χ0) is 19.6. The number of hydrogen-bond donors (Lipinski definition) is 3. The van der Waals surface area contributed by atoms with Gasteiger partial charge in [0.2, 0.25) is 11.8 Å². The van der Waals surface area contributed by atoms with E-state index in [1.165, 1.54) is 0 Å². The molecular weight excluding hydrogens is 358 g/mol. The summed E-state index contributed by atoms with van der Waals surface area (Å²) < 4.78 is 5.02. The van der Waals surface area contributed by atoms with Crippen LogP contribution >= 0.6 is 11.6 Å². The lowest BCUT2D eigenvalue weighted by Crippen LogP contribution is -2.42. The van der Waals surface area contributed by atoms with Gasteiger partial charge in [-0.2, -0.15) is 0 Å². The summed E-state index contributed by atoms with van der Waals surface area (Å²) in [6, 6.07) is 7.37. The van der Waals surface area contributed by atoms with Gasteiger partial charge >= 0.3 is 6.09 Å². The van der Waals surface area contributed by atoms with Crippen LogP contribution in [0.3, 0.4) is 0 Å². The molecule has 0 unspecified atom stereocenters. The van der Waals surface area contributed by atoms with Gasteiger partial charge in [0.1, 0.15) is 5.60 Å². The summed E-state index contributed by atoms with van der Waals surface area (Å²) >= 11 is 5.89. The van der Waals surface area contributed by atoms with E-state index in [-0.39, 0.29) is 24.9 Å². The van der Waals surface area contributed by atoms with Crippen molar-refractivity contribution in [3.63, 3.8) is 0 Å². The van der Waals surface area contributed by atoms with E-state index in [0.717, 1.165) is 5.56 Å². The molecule has 0 heterocycles. The second kappa shape index (κ2) is 10.7. The molecule has 0 saturated heterocycles. The molecule has 1 aromatic rings. The molecule has 0 spiro atoms. The van der Waals surface area contributed by atoms with E-state index in [2.05, 4.69) is 16.0 Å². The fourth-order valence-corrected chi connectivity index (χ4v) is 2.18. The second-order valence-electron chi connectivity index (χ2n) is 6.69. The van der Waals surface area contributed by atoms with Gasteiger partial charge in [-0.15, -0.1) is 0 Å². The fourth-order valence-electron chi connectivity index (χ4n) is 1.97. The predicted octanol–water partition coefficient (Wildman–Crippen LogP) is 2.03.